The van der Waals surface area contributed by atoms with Crippen LogP contribution >= 0.6 is 0 Å². The zero-order valence-corrected chi connectivity index (χ0v) is 17.6. The Labute approximate surface area is 181 Å². The number of aromatic nitrogens is 4. The molecule has 3 aromatic rings. The number of H-pyrrole nitrogens is 1. The van der Waals surface area contributed by atoms with Crippen LogP contribution in [0.3, 0.4) is 0 Å². The molecule has 1 aromatic carbocycles. The molecule has 0 spiro atoms. The topological polar surface area (TPSA) is 154 Å². The van der Waals surface area contributed by atoms with E-state index in [1.807, 2.05) is 0 Å². The fourth-order valence-corrected chi connectivity index (χ4v) is 3.66. The van der Waals surface area contributed by atoms with E-state index in [1.165, 1.54) is 25.0 Å². The number of anilines is 1. The van der Waals surface area contributed by atoms with Crippen LogP contribution in [0, 0.1) is 17.0 Å². The van der Waals surface area contributed by atoms with E-state index in [0.717, 1.165) is 12.5 Å². The fraction of sp³-hybridized carbons (Fsp3) is 0.300. The highest BCUT2D eigenvalue weighted by molar-refractivity contribution is 6.07. The smallest absolute Gasteiger partial charge is 0.286 e. The fourth-order valence-electron chi connectivity index (χ4n) is 3.66. The average molecular weight is 440 g/mol. The Kier molecular flexibility index (Phi) is 5.34. The third-order valence-corrected chi connectivity index (χ3v) is 5.15. The Morgan fingerprint density at radius 1 is 1.22 bits per heavy atom. The van der Waals surface area contributed by atoms with Crippen molar-refractivity contribution in [2.24, 2.45) is 0 Å². The number of aromatic amines is 1. The minimum Gasteiger partial charge on any atom is -0.493 e. The molecule has 0 saturated heterocycles. The normalized spacial score (nSPS) is 12.3. The van der Waals surface area contributed by atoms with E-state index < -0.39 is 16.5 Å². The van der Waals surface area contributed by atoms with Crippen molar-refractivity contribution >= 4 is 17.4 Å². The molecule has 0 atom stereocenters. The summed E-state index contributed by atoms with van der Waals surface area (Å²) in [7, 11) is 2.70. The minimum atomic E-state index is -0.762. The number of rotatable bonds is 6. The van der Waals surface area contributed by atoms with Gasteiger partial charge in [0.1, 0.15) is 11.4 Å². The third kappa shape index (κ3) is 3.66. The first-order chi connectivity index (χ1) is 15.3. The lowest BCUT2D eigenvalue weighted by Gasteiger charge is -2.12. The van der Waals surface area contributed by atoms with Crippen LogP contribution in [0.25, 0.3) is 5.95 Å². The van der Waals surface area contributed by atoms with E-state index in [4.69, 9.17) is 9.47 Å². The highest BCUT2D eigenvalue weighted by Crippen LogP contribution is 2.35. The minimum absolute atomic E-state index is 0.122. The van der Waals surface area contributed by atoms with Crippen molar-refractivity contribution in [3.05, 3.63) is 61.2 Å². The molecule has 1 aliphatic rings. The number of hydrogen-bond donors (Lipinski definition) is 2. The number of nitro benzene ring substituents is 1. The molecule has 0 saturated carbocycles. The first-order valence-electron chi connectivity index (χ1n) is 9.73. The number of carbonyl (C=O) groups is 1. The molecule has 166 valence electrons. The summed E-state index contributed by atoms with van der Waals surface area (Å²) in [5, 5.41) is 18.5. The highest BCUT2D eigenvalue weighted by Gasteiger charge is 2.26. The van der Waals surface area contributed by atoms with Gasteiger partial charge in [0.2, 0.25) is 5.95 Å². The molecule has 1 amide bonds. The van der Waals surface area contributed by atoms with Crippen LogP contribution in [0.4, 0.5) is 11.5 Å². The van der Waals surface area contributed by atoms with Crippen LogP contribution in [0.15, 0.2) is 23.0 Å². The van der Waals surface area contributed by atoms with Crippen molar-refractivity contribution in [1.82, 2.24) is 19.7 Å². The second-order valence-corrected chi connectivity index (χ2v) is 7.19. The summed E-state index contributed by atoms with van der Waals surface area (Å²) in [5.74, 6) is -0.130. The van der Waals surface area contributed by atoms with Gasteiger partial charge in [0.05, 0.1) is 36.6 Å². The van der Waals surface area contributed by atoms with Gasteiger partial charge in [-0.3, -0.25) is 24.7 Å². The Morgan fingerprint density at radius 2 is 1.94 bits per heavy atom. The van der Waals surface area contributed by atoms with Gasteiger partial charge in [-0.2, -0.15) is 9.78 Å². The van der Waals surface area contributed by atoms with Crippen molar-refractivity contribution in [2.75, 3.05) is 19.5 Å². The second-order valence-electron chi connectivity index (χ2n) is 7.19. The molecule has 0 fully saturated rings. The number of ether oxygens (including phenoxy) is 2. The van der Waals surface area contributed by atoms with Gasteiger partial charge < -0.3 is 14.8 Å². The van der Waals surface area contributed by atoms with Gasteiger partial charge >= 0.3 is 0 Å². The number of nitro groups is 1. The predicted molar refractivity (Wildman–Crippen MR) is 113 cm³/mol. The van der Waals surface area contributed by atoms with Crippen LogP contribution < -0.4 is 20.3 Å². The zero-order valence-electron chi connectivity index (χ0n) is 17.6. The zero-order chi connectivity index (χ0) is 23.0. The van der Waals surface area contributed by atoms with Crippen LogP contribution in [-0.2, 0) is 12.8 Å². The van der Waals surface area contributed by atoms with Crippen molar-refractivity contribution in [3.8, 4) is 17.4 Å². The highest BCUT2D eigenvalue weighted by atomic mass is 16.6. The largest absolute Gasteiger partial charge is 0.493 e. The lowest BCUT2D eigenvalue weighted by molar-refractivity contribution is -0.385. The summed E-state index contributed by atoms with van der Waals surface area (Å²) >= 11 is 0. The van der Waals surface area contributed by atoms with E-state index in [1.54, 1.807) is 13.0 Å². The molecule has 2 heterocycles. The number of benzene rings is 1. The summed E-state index contributed by atoms with van der Waals surface area (Å²) in [6.45, 7) is 1.70. The number of nitrogens with one attached hydrogen (secondary N) is 2. The third-order valence-electron chi connectivity index (χ3n) is 5.15. The Morgan fingerprint density at radius 3 is 2.62 bits per heavy atom. The van der Waals surface area contributed by atoms with E-state index in [-0.39, 0.29) is 34.4 Å². The first-order valence-corrected chi connectivity index (χ1v) is 9.73. The van der Waals surface area contributed by atoms with Gasteiger partial charge in [0.15, 0.2) is 11.5 Å². The van der Waals surface area contributed by atoms with Crippen LogP contribution in [-0.4, -0.2) is 44.8 Å². The Balaban J connectivity index is 1.74. The SMILES string of the molecule is COc1cc(C(=O)Nc2cc(C)nn2-c2nc3c(c(=O)[nH]2)CCC3)c([N+](=O)[O-])cc1OC. The van der Waals surface area contributed by atoms with Crippen molar-refractivity contribution in [3.63, 3.8) is 0 Å². The molecule has 2 N–H and O–H groups in total. The maximum absolute atomic E-state index is 13.0. The molecule has 12 heteroatoms. The average Bonchev–Trinajstić information content (AvgIpc) is 3.39. The number of carbonyl (C=O) groups excluding carboxylic acids is 1. The molecular weight excluding hydrogens is 420 g/mol. The van der Waals surface area contributed by atoms with E-state index in [2.05, 4.69) is 20.4 Å². The monoisotopic (exact) mass is 440 g/mol. The standard InChI is InChI=1S/C20H20N6O6/c1-10-7-17(25(24-10)20-21-13-6-4-5-11(13)18(27)23-20)22-19(28)12-8-15(31-2)16(32-3)9-14(12)26(29)30/h7-9H,4-6H2,1-3H3,(H,22,28)(H,21,23,27). The second kappa shape index (κ2) is 8.13. The number of aryl methyl sites for hydroxylation is 2. The molecule has 0 bridgehead atoms. The summed E-state index contributed by atoms with van der Waals surface area (Å²) < 4.78 is 11.6. The van der Waals surface area contributed by atoms with Crippen molar-refractivity contribution in [2.45, 2.75) is 26.2 Å². The number of nitrogens with zero attached hydrogens (tertiary/aromatic N) is 4. The maximum Gasteiger partial charge on any atom is 0.286 e. The van der Waals surface area contributed by atoms with Gasteiger partial charge in [-0.1, -0.05) is 0 Å². The number of amides is 1. The van der Waals surface area contributed by atoms with Gasteiger partial charge in [-0.15, -0.1) is 0 Å². The predicted octanol–water partition coefficient (Wildman–Crippen LogP) is 1.93. The molecule has 0 radical (unpaired) electrons. The summed E-state index contributed by atoms with van der Waals surface area (Å²) in [6, 6.07) is 3.92. The summed E-state index contributed by atoms with van der Waals surface area (Å²) in [6.07, 6.45) is 2.20. The quantitative estimate of drug-likeness (QED) is 0.435. The molecule has 0 aliphatic heterocycles. The van der Waals surface area contributed by atoms with Gasteiger partial charge in [0, 0.05) is 17.7 Å². The van der Waals surface area contributed by atoms with Gasteiger partial charge in [-0.05, 0) is 26.2 Å². The number of fused-ring (bicyclic) bond motifs is 1. The van der Waals surface area contributed by atoms with E-state index >= 15 is 0 Å². The van der Waals surface area contributed by atoms with E-state index in [9.17, 15) is 19.7 Å². The van der Waals surface area contributed by atoms with Crippen LogP contribution in [0.1, 0.15) is 33.7 Å². The molecule has 2 aromatic heterocycles. The summed E-state index contributed by atoms with van der Waals surface area (Å²) in [4.78, 5) is 43.4. The van der Waals surface area contributed by atoms with Gasteiger partial charge in [-0.25, -0.2) is 4.98 Å². The summed E-state index contributed by atoms with van der Waals surface area (Å²) in [5.41, 5.74) is 0.975. The lowest BCUT2D eigenvalue weighted by atomic mass is 10.1. The Hall–Kier alpha value is -4.22. The molecule has 12 nitrogen and oxygen atoms in total. The molecule has 1 aliphatic carbocycles. The maximum atomic E-state index is 13.0. The van der Waals surface area contributed by atoms with Crippen molar-refractivity contribution < 1.29 is 19.2 Å². The molecular formula is C20H20N6O6. The van der Waals surface area contributed by atoms with Crippen LogP contribution in [0.5, 0.6) is 11.5 Å². The molecule has 4 rings (SSSR count). The number of hydrogen-bond acceptors (Lipinski definition) is 8. The van der Waals surface area contributed by atoms with Gasteiger partial charge in [0.25, 0.3) is 17.2 Å². The number of methoxy groups -OCH3 is 2. The molecule has 0 unspecified atom stereocenters. The lowest BCUT2D eigenvalue weighted by Crippen LogP contribution is -2.21. The Bertz CT molecular complexity index is 1290. The van der Waals surface area contributed by atoms with Crippen LogP contribution in [0.2, 0.25) is 0 Å². The van der Waals surface area contributed by atoms with E-state index in [0.29, 0.717) is 29.8 Å². The molecule has 32 heavy (non-hydrogen) atoms. The van der Waals surface area contributed by atoms with Crippen molar-refractivity contribution in [1.29, 1.82) is 0 Å². The first kappa shape index (κ1) is 21.0.